The monoisotopic (exact) mass is 211 g/mol. The first-order chi connectivity index (χ1) is 6.94. The lowest BCUT2D eigenvalue weighted by Gasteiger charge is -2.23. The highest BCUT2D eigenvalue weighted by atomic mass is 19.1. The summed E-state index contributed by atoms with van der Waals surface area (Å²) in [5.74, 6) is -0.824. The molecule has 5 heteroatoms. The molecule has 0 atom stereocenters. The van der Waals surface area contributed by atoms with Crippen molar-refractivity contribution in [3.63, 3.8) is 0 Å². The zero-order valence-electron chi connectivity index (χ0n) is 8.75. The number of rotatable bonds is 3. The average Bonchev–Trinajstić information content (AvgIpc) is 2.18. The summed E-state index contributed by atoms with van der Waals surface area (Å²) in [5, 5.41) is 2.69. The fourth-order valence-electron chi connectivity index (χ4n) is 0.933. The van der Waals surface area contributed by atoms with Gasteiger partial charge in [0.15, 0.2) is 0 Å². The maximum atomic E-state index is 12.5. The predicted molar refractivity (Wildman–Crippen MR) is 54.8 cm³/mol. The number of aromatic nitrogens is 1. The first kappa shape index (κ1) is 11.6. The fraction of sp³-hybridized carbons (Fsp3) is 0.400. The van der Waals surface area contributed by atoms with E-state index in [-0.39, 0.29) is 11.6 Å². The van der Waals surface area contributed by atoms with Gasteiger partial charge in [0.1, 0.15) is 11.5 Å². The molecular formula is C10H14FN3O. The molecular weight excluding hydrogens is 197 g/mol. The van der Waals surface area contributed by atoms with Crippen molar-refractivity contribution < 1.29 is 9.18 Å². The molecule has 1 aromatic heterocycles. The maximum absolute atomic E-state index is 12.5. The third kappa shape index (κ3) is 3.28. The summed E-state index contributed by atoms with van der Waals surface area (Å²) in [6.07, 6.45) is 1.00. The average molecular weight is 211 g/mol. The number of carbonyl (C=O) groups excluding carboxylic acids is 1. The van der Waals surface area contributed by atoms with Crippen molar-refractivity contribution in [2.75, 3.05) is 6.54 Å². The van der Waals surface area contributed by atoms with Gasteiger partial charge in [-0.05, 0) is 26.0 Å². The molecule has 0 aliphatic rings. The number of nitrogens with one attached hydrogen (secondary N) is 1. The molecule has 0 fully saturated rings. The molecule has 1 rings (SSSR count). The van der Waals surface area contributed by atoms with Crippen LogP contribution in [-0.4, -0.2) is 23.0 Å². The Morgan fingerprint density at radius 3 is 2.73 bits per heavy atom. The Kier molecular flexibility index (Phi) is 3.36. The molecule has 0 aromatic carbocycles. The Hall–Kier alpha value is -1.49. The lowest BCUT2D eigenvalue weighted by molar-refractivity contribution is 0.0910. The van der Waals surface area contributed by atoms with E-state index in [1.54, 1.807) is 13.8 Å². The van der Waals surface area contributed by atoms with E-state index < -0.39 is 11.4 Å². The molecule has 0 saturated carbocycles. The highest BCUT2D eigenvalue weighted by Gasteiger charge is 2.19. The summed E-state index contributed by atoms with van der Waals surface area (Å²) in [5.41, 5.74) is 5.15. The molecule has 0 aliphatic carbocycles. The zero-order valence-corrected chi connectivity index (χ0v) is 8.75. The molecule has 0 bridgehead atoms. The van der Waals surface area contributed by atoms with Gasteiger partial charge < -0.3 is 11.1 Å². The maximum Gasteiger partial charge on any atom is 0.270 e. The van der Waals surface area contributed by atoms with E-state index in [0.717, 1.165) is 6.20 Å². The lowest BCUT2D eigenvalue weighted by Crippen LogP contribution is -2.49. The third-order valence-electron chi connectivity index (χ3n) is 1.92. The standard InChI is InChI=1S/C10H14FN3O/c1-10(2,6-12)14-9(15)8-4-3-7(11)5-13-8/h3-5H,6,12H2,1-2H3,(H,14,15). The van der Waals surface area contributed by atoms with Crippen LogP contribution in [0.25, 0.3) is 0 Å². The Labute approximate surface area is 87.7 Å². The van der Waals surface area contributed by atoms with Crippen molar-refractivity contribution in [3.05, 3.63) is 29.8 Å². The minimum atomic E-state index is -0.493. The van der Waals surface area contributed by atoms with Crippen LogP contribution in [0.5, 0.6) is 0 Å². The van der Waals surface area contributed by atoms with Gasteiger partial charge in [0.05, 0.1) is 6.20 Å². The highest BCUT2D eigenvalue weighted by Crippen LogP contribution is 2.03. The van der Waals surface area contributed by atoms with Crippen molar-refractivity contribution >= 4 is 5.91 Å². The minimum absolute atomic E-state index is 0.179. The summed E-state index contributed by atoms with van der Waals surface area (Å²) >= 11 is 0. The second-order valence-electron chi connectivity index (χ2n) is 3.90. The Balaban J connectivity index is 2.74. The van der Waals surface area contributed by atoms with Gasteiger partial charge in [0.25, 0.3) is 5.91 Å². The van der Waals surface area contributed by atoms with Crippen molar-refractivity contribution in [3.8, 4) is 0 Å². The molecule has 0 unspecified atom stereocenters. The first-order valence-electron chi connectivity index (χ1n) is 4.59. The van der Waals surface area contributed by atoms with E-state index in [1.807, 2.05) is 0 Å². The van der Waals surface area contributed by atoms with Crippen LogP contribution >= 0.6 is 0 Å². The lowest BCUT2D eigenvalue weighted by atomic mass is 10.1. The number of halogens is 1. The summed E-state index contributed by atoms with van der Waals surface area (Å²) in [6, 6.07) is 2.52. The van der Waals surface area contributed by atoms with Crippen molar-refractivity contribution in [1.82, 2.24) is 10.3 Å². The van der Waals surface area contributed by atoms with Crippen LogP contribution in [-0.2, 0) is 0 Å². The van der Waals surface area contributed by atoms with Crippen molar-refractivity contribution in [2.45, 2.75) is 19.4 Å². The van der Waals surface area contributed by atoms with Gasteiger partial charge in [0.2, 0.25) is 0 Å². The number of nitrogens with two attached hydrogens (primary N) is 1. The van der Waals surface area contributed by atoms with Crippen molar-refractivity contribution in [1.29, 1.82) is 0 Å². The number of carbonyl (C=O) groups is 1. The van der Waals surface area contributed by atoms with Crippen LogP contribution < -0.4 is 11.1 Å². The van der Waals surface area contributed by atoms with E-state index in [0.29, 0.717) is 6.54 Å². The van der Waals surface area contributed by atoms with Crippen LogP contribution in [0.2, 0.25) is 0 Å². The summed E-state index contributed by atoms with van der Waals surface area (Å²) < 4.78 is 12.5. The van der Waals surface area contributed by atoms with E-state index in [4.69, 9.17) is 5.73 Å². The van der Waals surface area contributed by atoms with E-state index in [9.17, 15) is 9.18 Å². The highest BCUT2D eigenvalue weighted by molar-refractivity contribution is 5.92. The normalized spacial score (nSPS) is 11.2. The second kappa shape index (κ2) is 4.35. The smallest absolute Gasteiger partial charge is 0.270 e. The van der Waals surface area contributed by atoms with E-state index in [1.165, 1.54) is 12.1 Å². The first-order valence-corrected chi connectivity index (χ1v) is 4.59. The number of hydrogen-bond donors (Lipinski definition) is 2. The molecule has 0 saturated heterocycles. The number of amides is 1. The largest absolute Gasteiger partial charge is 0.345 e. The molecule has 4 nitrogen and oxygen atoms in total. The number of nitrogens with zero attached hydrogens (tertiary/aromatic N) is 1. The Morgan fingerprint density at radius 2 is 2.27 bits per heavy atom. The Bertz CT molecular complexity index is 348. The summed E-state index contributed by atoms with van der Waals surface area (Å²) in [7, 11) is 0. The van der Waals surface area contributed by atoms with Crippen molar-refractivity contribution in [2.24, 2.45) is 5.73 Å². The van der Waals surface area contributed by atoms with Gasteiger partial charge in [-0.25, -0.2) is 9.37 Å². The molecule has 3 N–H and O–H groups in total. The number of pyridine rings is 1. The summed E-state index contributed by atoms with van der Waals surface area (Å²) in [6.45, 7) is 3.92. The van der Waals surface area contributed by atoms with Gasteiger partial charge in [-0.1, -0.05) is 0 Å². The second-order valence-corrected chi connectivity index (χ2v) is 3.90. The van der Waals surface area contributed by atoms with Gasteiger partial charge in [-0.2, -0.15) is 0 Å². The fourth-order valence-corrected chi connectivity index (χ4v) is 0.933. The molecule has 1 aromatic rings. The van der Waals surface area contributed by atoms with Crippen LogP contribution in [0.15, 0.2) is 18.3 Å². The SMILES string of the molecule is CC(C)(CN)NC(=O)c1ccc(F)cn1. The van der Waals surface area contributed by atoms with Crippen LogP contribution in [0.3, 0.4) is 0 Å². The molecule has 82 valence electrons. The van der Waals surface area contributed by atoms with E-state index >= 15 is 0 Å². The zero-order chi connectivity index (χ0) is 11.5. The number of hydrogen-bond acceptors (Lipinski definition) is 3. The van der Waals surface area contributed by atoms with Gasteiger partial charge >= 0.3 is 0 Å². The topological polar surface area (TPSA) is 68.0 Å². The molecule has 1 heterocycles. The quantitative estimate of drug-likeness (QED) is 0.772. The molecule has 0 aliphatic heterocycles. The van der Waals surface area contributed by atoms with Gasteiger partial charge in [0, 0.05) is 12.1 Å². The predicted octanol–water partition coefficient (Wildman–Crippen LogP) is 0.688. The van der Waals surface area contributed by atoms with Crippen LogP contribution in [0.1, 0.15) is 24.3 Å². The molecule has 0 spiro atoms. The molecule has 0 radical (unpaired) electrons. The molecule has 15 heavy (non-hydrogen) atoms. The van der Waals surface area contributed by atoms with Gasteiger partial charge in [-0.3, -0.25) is 4.79 Å². The minimum Gasteiger partial charge on any atom is -0.345 e. The van der Waals surface area contributed by atoms with Crippen LogP contribution in [0, 0.1) is 5.82 Å². The third-order valence-corrected chi connectivity index (χ3v) is 1.92. The van der Waals surface area contributed by atoms with Gasteiger partial charge in [-0.15, -0.1) is 0 Å². The van der Waals surface area contributed by atoms with E-state index in [2.05, 4.69) is 10.3 Å². The van der Waals surface area contributed by atoms with Crippen LogP contribution in [0.4, 0.5) is 4.39 Å². The summed E-state index contributed by atoms with van der Waals surface area (Å²) in [4.78, 5) is 15.2. The molecule has 1 amide bonds. The Morgan fingerprint density at radius 1 is 1.60 bits per heavy atom.